The molecule has 0 aliphatic carbocycles. The van der Waals surface area contributed by atoms with Crippen molar-refractivity contribution in [1.82, 2.24) is 5.32 Å². The Morgan fingerprint density at radius 2 is 1.63 bits per heavy atom. The molecule has 3 N–H and O–H groups in total. The molecule has 0 saturated carbocycles. The third kappa shape index (κ3) is 4.59. The van der Waals surface area contributed by atoms with E-state index in [9.17, 15) is 0 Å². The van der Waals surface area contributed by atoms with Crippen LogP contribution in [0.25, 0.3) is 0 Å². The van der Waals surface area contributed by atoms with Crippen LogP contribution in [0.1, 0.15) is 16.7 Å². The average Bonchev–Trinajstić information content (AvgIpc) is 2.49. The molecular formula is C17H18N2. The molecule has 0 aliphatic heterocycles. The van der Waals surface area contributed by atoms with E-state index in [1.807, 2.05) is 42.5 Å². The van der Waals surface area contributed by atoms with Crippen LogP contribution in [0.3, 0.4) is 0 Å². The van der Waals surface area contributed by atoms with Crippen molar-refractivity contribution < 1.29 is 0 Å². The zero-order valence-corrected chi connectivity index (χ0v) is 10.9. The van der Waals surface area contributed by atoms with Crippen LogP contribution in [-0.2, 0) is 13.1 Å². The summed E-state index contributed by atoms with van der Waals surface area (Å²) < 4.78 is 0. The summed E-state index contributed by atoms with van der Waals surface area (Å²) >= 11 is 0. The first-order chi connectivity index (χ1) is 9.38. The normalized spacial score (nSPS) is 9.74. The van der Waals surface area contributed by atoms with Gasteiger partial charge in [-0.3, -0.25) is 0 Å². The van der Waals surface area contributed by atoms with Crippen molar-refractivity contribution in [3.05, 3.63) is 71.3 Å². The van der Waals surface area contributed by atoms with Gasteiger partial charge in [-0.05, 0) is 23.3 Å². The maximum Gasteiger partial charge on any atom is 0.0582 e. The molecule has 96 valence electrons. The van der Waals surface area contributed by atoms with Crippen molar-refractivity contribution in [2.45, 2.75) is 13.1 Å². The Bertz CT molecular complexity index is 547. The third-order valence-electron chi connectivity index (χ3n) is 2.81. The Hall–Kier alpha value is -2.08. The van der Waals surface area contributed by atoms with Gasteiger partial charge in [-0.2, -0.15) is 0 Å². The summed E-state index contributed by atoms with van der Waals surface area (Å²) in [5, 5.41) is 3.30. The predicted octanol–water partition coefficient (Wildman–Crippen LogP) is 2.29. The van der Waals surface area contributed by atoms with Gasteiger partial charge in [0, 0.05) is 18.7 Å². The van der Waals surface area contributed by atoms with E-state index in [1.54, 1.807) is 0 Å². The smallest absolute Gasteiger partial charge is 0.0582 e. The molecule has 0 bridgehead atoms. The molecule has 0 radical (unpaired) electrons. The molecule has 0 aromatic heterocycles. The monoisotopic (exact) mass is 250 g/mol. The van der Waals surface area contributed by atoms with Gasteiger partial charge in [-0.25, -0.2) is 0 Å². The van der Waals surface area contributed by atoms with Gasteiger partial charge in [0.1, 0.15) is 0 Å². The number of hydrogen-bond donors (Lipinski definition) is 2. The minimum Gasteiger partial charge on any atom is -0.326 e. The van der Waals surface area contributed by atoms with Gasteiger partial charge >= 0.3 is 0 Å². The van der Waals surface area contributed by atoms with Gasteiger partial charge in [-0.15, -0.1) is 0 Å². The second kappa shape index (κ2) is 7.38. The topological polar surface area (TPSA) is 38.0 Å². The van der Waals surface area contributed by atoms with Gasteiger partial charge in [-0.1, -0.05) is 54.3 Å². The molecule has 0 atom stereocenters. The van der Waals surface area contributed by atoms with E-state index >= 15 is 0 Å². The van der Waals surface area contributed by atoms with Crippen molar-refractivity contribution in [2.75, 3.05) is 6.54 Å². The molecule has 0 heterocycles. The first-order valence-corrected chi connectivity index (χ1v) is 6.41. The number of nitrogens with one attached hydrogen (secondary N) is 1. The molecule has 0 saturated heterocycles. The third-order valence-corrected chi connectivity index (χ3v) is 2.81. The molecule has 0 spiro atoms. The van der Waals surface area contributed by atoms with Gasteiger partial charge in [0.15, 0.2) is 0 Å². The van der Waals surface area contributed by atoms with Gasteiger partial charge in [0.05, 0.1) is 6.54 Å². The zero-order chi connectivity index (χ0) is 13.3. The molecule has 0 amide bonds. The quantitative estimate of drug-likeness (QED) is 0.645. The summed E-state index contributed by atoms with van der Waals surface area (Å²) in [4.78, 5) is 0. The predicted molar refractivity (Wildman–Crippen MR) is 79.4 cm³/mol. The van der Waals surface area contributed by atoms with E-state index in [0.29, 0.717) is 13.1 Å². The molecule has 0 aliphatic rings. The Balaban J connectivity index is 1.78. The van der Waals surface area contributed by atoms with Crippen LogP contribution < -0.4 is 11.1 Å². The summed E-state index contributed by atoms with van der Waals surface area (Å²) in [5.41, 5.74) is 8.98. The lowest BCUT2D eigenvalue weighted by Gasteiger charge is -1.99. The van der Waals surface area contributed by atoms with E-state index in [0.717, 1.165) is 17.7 Å². The van der Waals surface area contributed by atoms with Crippen molar-refractivity contribution in [2.24, 2.45) is 5.73 Å². The minimum atomic E-state index is 0.576. The Morgan fingerprint density at radius 1 is 0.895 bits per heavy atom. The standard InChI is InChI=1S/C17H18N2/c18-13-16-10-8-15(9-11-16)7-4-12-19-14-17-5-2-1-3-6-17/h1-3,5-6,8-11,19H,12-14,18H2. The molecule has 0 fully saturated rings. The number of nitrogens with two attached hydrogens (primary N) is 1. The molecule has 2 aromatic carbocycles. The fraction of sp³-hybridized carbons (Fsp3) is 0.176. The van der Waals surface area contributed by atoms with Gasteiger partial charge in [0.2, 0.25) is 0 Å². The number of rotatable bonds is 4. The zero-order valence-electron chi connectivity index (χ0n) is 10.9. The van der Waals surface area contributed by atoms with Crippen molar-refractivity contribution in [1.29, 1.82) is 0 Å². The van der Waals surface area contributed by atoms with Crippen LogP contribution >= 0.6 is 0 Å². The maximum absolute atomic E-state index is 5.55. The summed E-state index contributed by atoms with van der Waals surface area (Å²) in [5.74, 6) is 6.25. The second-order valence-corrected chi connectivity index (χ2v) is 4.29. The van der Waals surface area contributed by atoms with Gasteiger partial charge < -0.3 is 11.1 Å². The van der Waals surface area contributed by atoms with Crippen molar-refractivity contribution >= 4 is 0 Å². The highest BCUT2D eigenvalue weighted by molar-refractivity contribution is 5.36. The van der Waals surface area contributed by atoms with Crippen LogP contribution in [0, 0.1) is 11.8 Å². The van der Waals surface area contributed by atoms with Gasteiger partial charge in [0.25, 0.3) is 0 Å². The van der Waals surface area contributed by atoms with Crippen LogP contribution in [0.2, 0.25) is 0 Å². The Kier molecular flexibility index (Phi) is 5.18. The summed E-state index contributed by atoms with van der Waals surface area (Å²) in [6.07, 6.45) is 0. The highest BCUT2D eigenvalue weighted by Gasteiger charge is 1.90. The van der Waals surface area contributed by atoms with E-state index in [1.165, 1.54) is 5.56 Å². The summed E-state index contributed by atoms with van der Waals surface area (Å²) in [6, 6.07) is 18.4. The molecule has 2 heteroatoms. The largest absolute Gasteiger partial charge is 0.326 e. The fourth-order valence-corrected chi connectivity index (χ4v) is 1.74. The number of benzene rings is 2. The lowest BCUT2D eigenvalue weighted by atomic mass is 10.1. The van der Waals surface area contributed by atoms with E-state index in [2.05, 4.69) is 29.3 Å². The first kappa shape index (κ1) is 13.4. The van der Waals surface area contributed by atoms with E-state index in [4.69, 9.17) is 5.73 Å². The lowest BCUT2D eigenvalue weighted by molar-refractivity contribution is 0.770. The van der Waals surface area contributed by atoms with Crippen molar-refractivity contribution in [3.63, 3.8) is 0 Å². The van der Waals surface area contributed by atoms with Crippen molar-refractivity contribution in [3.8, 4) is 11.8 Å². The molecular weight excluding hydrogens is 232 g/mol. The van der Waals surface area contributed by atoms with E-state index < -0.39 is 0 Å². The Morgan fingerprint density at radius 3 is 2.32 bits per heavy atom. The van der Waals surface area contributed by atoms with E-state index in [-0.39, 0.29) is 0 Å². The molecule has 19 heavy (non-hydrogen) atoms. The van der Waals surface area contributed by atoms with Crippen LogP contribution in [0.5, 0.6) is 0 Å². The maximum atomic E-state index is 5.55. The lowest BCUT2D eigenvalue weighted by Crippen LogP contribution is -2.12. The fourth-order valence-electron chi connectivity index (χ4n) is 1.74. The minimum absolute atomic E-state index is 0.576. The molecule has 2 nitrogen and oxygen atoms in total. The highest BCUT2D eigenvalue weighted by atomic mass is 14.8. The van der Waals surface area contributed by atoms with Crippen LogP contribution in [-0.4, -0.2) is 6.54 Å². The molecule has 0 unspecified atom stereocenters. The highest BCUT2D eigenvalue weighted by Crippen LogP contribution is 2.01. The van der Waals surface area contributed by atoms with Crippen LogP contribution in [0.4, 0.5) is 0 Å². The Labute approximate surface area is 114 Å². The molecule has 2 aromatic rings. The second-order valence-electron chi connectivity index (χ2n) is 4.29. The molecule has 2 rings (SSSR count). The number of hydrogen-bond acceptors (Lipinski definition) is 2. The first-order valence-electron chi connectivity index (χ1n) is 6.41. The SMILES string of the molecule is NCc1ccc(C#CCNCc2ccccc2)cc1. The summed E-state index contributed by atoms with van der Waals surface area (Å²) in [7, 11) is 0. The average molecular weight is 250 g/mol. The van der Waals surface area contributed by atoms with Crippen LogP contribution in [0.15, 0.2) is 54.6 Å². The summed E-state index contributed by atoms with van der Waals surface area (Å²) in [6.45, 7) is 2.11.